The molecule has 2 rings (SSSR count). The van der Waals surface area contributed by atoms with E-state index in [2.05, 4.69) is 16.4 Å². The summed E-state index contributed by atoms with van der Waals surface area (Å²) in [4.78, 5) is 3.86. The Morgan fingerprint density at radius 2 is 2.24 bits per heavy atom. The van der Waals surface area contributed by atoms with Crippen LogP contribution in [0.15, 0.2) is 41.3 Å². The molecule has 0 aliphatic heterocycles. The van der Waals surface area contributed by atoms with Crippen LogP contribution in [0.25, 0.3) is 0 Å². The van der Waals surface area contributed by atoms with Crippen LogP contribution in [0.3, 0.4) is 0 Å². The molecule has 0 unspecified atom stereocenters. The SMILES string of the molecule is COc1ccccc1CCNCc1cnco1. The van der Waals surface area contributed by atoms with Gasteiger partial charge in [-0.3, -0.25) is 0 Å². The Balaban J connectivity index is 1.78. The van der Waals surface area contributed by atoms with Gasteiger partial charge in [-0.15, -0.1) is 0 Å². The van der Waals surface area contributed by atoms with Gasteiger partial charge in [-0.25, -0.2) is 4.98 Å². The molecule has 17 heavy (non-hydrogen) atoms. The Hall–Kier alpha value is -1.81. The van der Waals surface area contributed by atoms with Gasteiger partial charge < -0.3 is 14.5 Å². The molecule has 0 radical (unpaired) electrons. The highest BCUT2D eigenvalue weighted by molar-refractivity contribution is 5.33. The van der Waals surface area contributed by atoms with Gasteiger partial charge in [0.1, 0.15) is 11.5 Å². The van der Waals surface area contributed by atoms with Crippen molar-refractivity contribution in [3.63, 3.8) is 0 Å². The first-order valence-corrected chi connectivity index (χ1v) is 5.60. The summed E-state index contributed by atoms with van der Waals surface area (Å²) in [6.07, 6.45) is 4.09. The molecule has 90 valence electrons. The van der Waals surface area contributed by atoms with Crippen molar-refractivity contribution in [2.24, 2.45) is 0 Å². The molecule has 0 atom stereocenters. The Morgan fingerprint density at radius 1 is 1.35 bits per heavy atom. The number of methoxy groups -OCH3 is 1. The number of hydrogen-bond donors (Lipinski definition) is 1. The average Bonchev–Trinajstić information content (AvgIpc) is 2.88. The van der Waals surface area contributed by atoms with Crippen LogP contribution in [-0.4, -0.2) is 18.6 Å². The average molecular weight is 232 g/mol. The van der Waals surface area contributed by atoms with E-state index in [0.29, 0.717) is 6.54 Å². The van der Waals surface area contributed by atoms with Gasteiger partial charge in [0.2, 0.25) is 0 Å². The molecule has 4 nitrogen and oxygen atoms in total. The van der Waals surface area contributed by atoms with E-state index in [4.69, 9.17) is 9.15 Å². The maximum absolute atomic E-state index is 5.29. The molecule has 1 N–H and O–H groups in total. The highest BCUT2D eigenvalue weighted by Crippen LogP contribution is 2.17. The highest BCUT2D eigenvalue weighted by atomic mass is 16.5. The first-order chi connectivity index (χ1) is 8.40. The molecule has 1 heterocycles. The molecule has 0 fully saturated rings. The minimum atomic E-state index is 0.704. The van der Waals surface area contributed by atoms with Gasteiger partial charge in [-0.1, -0.05) is 18.2 Å². The van der Waals surface area contributed by atoms with Crippen LogP contribution < -0.4 is 10.1 Å². The van der Waals surface area contributed by atoms with E-state index < -0.39 is 0 Å². The second kappa shape index (κ2) is 6.06. The number of oxazole rings is 1. The number of nitrogens with zero attached hydrogens (tertiary/aromatic N) is 1. The van der Waals surface area contributed by atoms with Crippen molar-refractivity contribution in [2.75, 3.05) is 13.7 Å². The smallest absolute Gasteiger partial charge is 0.180 e. The topological polar surface area (TPSA) is 47.3 Å². The fourth-order valence-corrected chi connectivity index (χ4v) is 1.67. The number of rotatable bonds is 6. The van der Waals surface area contributed by atoms with Crippen molar-refractivity contribution >= 4 is 0 Å². The quantitative estimate of drug-likeness (QED) is 0.774. The van der Waals surface area contributed by atoms with E-state index in [1.807, 2.05) is 18.2 Å². The van der Waals surface area contributed by atoms with Gasteiger partial charge in [-0.2, -0.15) is 0 Å². The summed E-state index contributed by atoms with van der Waals surface area (Å²) in [5.41, 5.74) is 1.21. The summed E-state index contributed by atoms with van der Waals surface area (Å²) in [5.74, 6) is 1.79. The minimum absolute atomic E-state index is 0.704. The fourth-order valence-electron chi connectivity index (χ4n) is 1.67. The zero-order valence-corrected chi connectivity index (χ0v) is 9.85. The molecule has 1 aromatic heterocycles. The van der Waals surface area contributed by atoms with Crippen molar-refractivity contribution < 1.29 is 9.15 Å². The maximum atomic E-state index is 5.29. The third-order valence-corrected chi connectivity index (χ3v) is 2.55. The molecule has 0 spiro atoms. The lowest BCUT2D eigenvalue weighted by atomic mass is 10.1. The van der Waals surface area contributed by atoms with Gasteiger partial charge in [0.25, 0.3) is 0 Å². The van der Waals surface area contributed by atoms with Crippen LogP contribution in [0, 0.1) is 0 Å². The summed E-state index contributed by atoms with van der Waals surface area (Å²) >= 11 is 0. The predicted molar refractivity (Wildman–Crippen MR) is 64.9 cm³/mol. The first kappa shape index (κ1) is 11.7. The third kappa shape index (κ3) is 3.32. The normalized spacial score (nSPS) is 10.4. The lowest BCUT2D eigenvalue weighted by Gasteiger charge is -2.08. The Morgan fingerprint density at radius 3 is 3.00 bits per heavy atom. The molecular weight excluding hydrogens is 216 g/mol. The molecule has 4 heteroatoms. The number of hydrogen-bond acceptors (Lipinski definition) is 4. The Labute approximate surface area is 101 Å². The number of benzene rings is 1. The second-order valence-corrected chi connectivity index (χ2v) is 3.71. The lowest BCUT2D eigenvalue weighted by Crippen LogP contribution is -2.16. The van der Waals surface area contributed by atoms with E-state index in [1.54, 1.807) is 13.3 Å². The van der Waals surface area contributed by atoms with E-state index >= 15 is 0 Å². The molecule has 0 saturated heterocycles. The van der Waals surface area contributed by atoms with E-state index in [0.717, 1.165) is 24.5 Å². The number of aromatic nitrogens is 1. The largest absolute Gasteiger partial charge is 0.496 e. The van der Waals surface area contributed by atoms with Crippen molar-refractivity contribution in [2.45, 2.75) is 13.0 Å². The number of ether oxygens (including phenoxy) is 1. The summed E-state index contributed by atoms with van der Waals surface area (Å²) in [5, 5.41) is 3.30. The summed E-state index contributed by atoms with van der Waals surface area (Å²) < 4.78 is 10.4. The van der Waals surface area contributed by atoms with Crippen LogP contribution in [0.1, 0.15) is 11.3 Å². The summed E-state index contributed by atoms with van der Waals surface area (Å²) in [7, 11) is 1.70. The lowest BCUT2D eigenvalue weighted by molar-refractivity contribution is 0.408. The van der Waals surface area contributed by atoms with Crippen molar-refractivity contribution in [3.8, 4) is 5.75 Å². The number of nitrogens with one attached hydrogen (secondary N) is 1. The van der Waals surface area contributed by atoms with Crippen LogP contribution in [0.4, 0.5) is 0 Å². The van der Waals surface area contributed by atoms with Crippen molar-refractivity contribution in [3.05, 3.63) is 48.2 Å². The van der Waals surface area contributed by atoms with Gasteiger partial charge in [0.05, 0.1) is 19.9 Å². The molecule has 2 aromatic rings. The Bertz CT molecular complexity index is 440. The van der Waals surface area contributed by atoms with E-state index in [-0.39, 0.29) is 0 Å². The number of para-hydroxylation sites is 1. The Kier molecular flexibility index (Phi) is 4.16. The highest BCUT2D eigenvalue weighted by Gasteiger charge is 2.01. The fraction of sp³-hybridized carbons (Fsp3) is 0.308. The molecule has 1 aromatic carbocycles. The molecular formula is C13H16N2O2. The van der Waals surface area contributed by atoms with Gasteiger partial charge in [0, 0.05) is 0 Å². The van der Waals surface area contributed by atoms with E-state index in [9.17, 15) is 0 Å². The molecule has 0 saturated carbocycles. The first-order valence-electron chi connectivity index (χ1n) is 5.60. The summed E-state index contributed by atoms with van der Waals surface area (Å²) in [6.45, 7) is 1.58. The van der Waals surface area contributed by atoms with Crippen molar-refractivity contribution in [1.29, 1.82) is 0 Å². The second-order valence-electron chi connectivity index (χ2n) is 3.71. The van der Waals surface area contributed by atoms with Gasteiger partial charge in [-0.05, 0) is 24.6 Å². The maximum Gasteiger partial charge on any atom is 0.180 e. The van der Waals surface area contributed by atoms with Gasteiger partial charge in [0.15, 0.2) is 6.39 Å². The van der Waals surface area contributed by atoms with Crippen LogP contribution >= 0.6 is 0 Å². The zero-order chi connectivity index (χ0) is 11.9. The van der Waals surface area contributed by atoms with Gasteiger partial charge >= 0.3 is 0 Å². The van der Waals surface area contributed by atoms with Crippen LogP contribution in [0.5, 0.6) is 5.75 Å². The monoisotopic (exact) mass is 232 g/mol. The molecule has 0 aliphatic carbocycles. The van der Waals surface area contributed by atoms with Crippen LogP contribution in [0.2, 0.25) is 0 Å². The molecule has 0 amide bonds. The summed E-state index contributed by atoms with van der Waals surface area (Å²) in [6, 6.07) is 8.05. The van der Waals surface area contributed by atoms with Crippen molar-refractivity contribution in [1.82, 2.24) is 10.3 Å². The third-order valence-electron chi connectivity index (χ3n) is 2.55. The zero-order valence-electron chi connectivity index (χ0n) is 9.85. The van der Waals surface area contributed by atoms with E-state index in [1.165, 1.54) is 12.0 Å². The minimum Gasteiger partial charge on any atom is -0.496 e. The molecule has 0 aliphatic rings. The van der Waals surface area contributed by atoms with Crippen LogP contribution in [-0.2, 0) is 13.0 Å². The molecule has 0 bridgehead atoms. The predicted octanol–water partition coefficient (Wildman–Crippen LogP) is 2.02. The standard InChI is InChI=1S/C13H16N2O2/c1-16-13-5-3-2-4-11(13)6-7-14-8-12-9-15-10-17-12/h2-5,9-10,14H,6-8H2,1H3.